The van der Waals surface area contributed by atoms with Crippen molar-refractivity contribution >= 4 is 0 Å². The van der Waals surface area contributed by atoms with E-state index < -0.39 is 17.6 Å². The molecule has 1 rings (SSSR count). The molecule has 1 atom stereocenters. The summed E-state index contributed by atoms with van der Waals surface area (Å²) in [5, 5.41) is 19.5. The Hall–Kier alpha value is -1.49. The molecule has 1 aromatic rings. The lowest BCUT2D eigenvalue weighted by Gasteiger charge is -2.07. The second kappa shape index (κ2) is 3.95. The molecular weight excluding hydrogens is 172 g/mol. The van der Waals surface area contributed by atoms with Gasteiger partial charge in [0.1, 0.15) is 6.10 Å². The Labute approximate surface area is 75.2 Å². The summed E-state index contributed by atoms with van der Waals surface area (Å²) in [6, 6.07) is 1.71. The second-order valence-electron chi connectivity index (χ2n) is 2.76. The molecule has 70 valence electrons. The lowest BCUT2D eigenvalue weighted by atomic mass is 10.1. The van der Waals surface area contributed by atoms with Crippen molar-refractivity contribution in [2.75, 3.05) is 6.54 Å². The Kier molecular flexibility index (Phi) is 2.92. The molecule has 0 fully saturated rings. The predicted octanol–water partition coefficient (Wildman–Crippen LogP) is 0.700. The van der Waals surface area contributed by atoms with Crippen molar-refractivity contribution in [3.63, 3.8) is 0 Å². The van der Waals surface area contributed by atoms with E-state index in [0.29, 0.717) is 5.56 Å². The second-order valence-corrected chi connectivity index (χ2v) is 2.76. The van der Waals surface area contributed by atoms with Crippen molar-refractivity contribution in [1.29, 1.82) is 0 Å². The summed E-state index contributed by atoms with van der Waals surface area (Å²) in [4.78, 5) is 13.4. The van der Waals surface area contributed by atoms with Crippen LogP contribution in [0.3, 0.4) is 0 Å². The first-order valence-corrected chi connectivity index (χ1v) is 3.81. The van der Waals surface area contributed by atoms with Crippen molar-refractivity contribution in [3.05, 3.63) is 39.7 Å². The molecule has 0 saturated heterocycles. The van der Waals surface area contributed by atoms with E-state index in [1.54, 1.807) is 19.2 Å². The van der Waals surface area contributed by atoms with Crippen LogP contribution in [0.15, 0.2) is 18.5 Å². The Morgan fingerprint density at radius 1 is 1.77 bits per heavy atom. The number of aryl methyl sites for hydroxylation is 1. The fourth-order valence-electron chi connectivity index (χ4n) is 1.06. The number of hydrogen-bond acceptors (Lipinski definition) is 4. The monoisotopic (exact) mass is 182 g/mol. The molecule has 1 unspecified atom stereocenters. The number of rotatable bonds is 3. The number of hydrogen-bond donors (Lipinski definition) is 1. The van der Waals surface area contributed by atoms with Gasteiger partial charge in [0, 0.05) is 22.9 Å². The highest BCUT2D eigenvalue weighted by Gasteiger charge is 2.15. The summed E-state index contributed by atoms with van der Waals surface area (Å²) in [7, 11) is 0. The van der Waals surface area contributed by atoms with Gasteiger partial charge in [-0.1, -0.05) is 0 Å². The van der Waals surface area contributed by atoms with Crippen LogP contribution in [0, 0.1) is 17.0 Å². The van der Waals surface area contributed by atoms with Crippen molar-refractivity contribution < 1.29 is 10.0 Å². The van der Waals surface area contributed by atoms with E-state index in [-0.39, 0.29) is 0 Å². The Bertz CT molecular complexity index is 314. The van der Waals surface area contributed by atoms with Gasteiger partial charge in [-0.2, -0.15) is 0 Å². The number of aliphatic hydroxyl groups is 1. The van der Waals surface area contributed by atoms with E-state index >= 15 is 0 Å². The number of nitrogens with zero attached hydrogens (tertiary/aromatic N) is 2. The quantitative estimate of drug-likeness (QED) is 0.551. The summed E-state index contributed by atoms with van der Waals surface area (Å²) < 4.78 is 0. The van der Waals surface area contributed by atoms with Gasteiger partial charge in [-0.25, -0.2) is 0 Å². The van der Waals surface area contributed by atoms with Gasteiger partial charge in [0.05, 0.1) is 0 Å². The van der Waals surface area contributed by atoms with E-state index in [9.17, 15) is 15.2 Å². The van der Waals surface area contributed by atoms with Crippen LogP contribution < -0.4 is 0 Å². The minimum Gasteiger partial charge on any atom is -0.381 e. The standard InChI is InChI=1S/C8H10N2O3/c1-6-2-3-9-4-7(6)8(11)5-10(12)13/h2-4,8,11H,5H2,1H3. The van der Waals surface area contributed by atoms with E-state index in [0.717, 1.165) is 5.56 Å². The van der Waals surface area contributed by atoms with Crippen molar-refractivity contribution in [2.45, 2.75) is 13.0 Å². The van der Waals surface area contributed by atoms with Crippen LogP contribution in [0.25, 0.3) is 0 Å². The van der Waals surface area contributed by atoms with Crippen LogP contribution in [0.5, 0.6) is 0 Å². The van der Waals surface area contributed by atoms with Crippen molar-refractivity contribution in [2.24, 2.45) is 0 Å². The third-order valence-electron chi connectivity index (χ3n) is 1.76. The first-order chi connectivity index (χ1) is 6.11. The first-order valence-electron chi connectivity index (χ1n) is 3.81. The molecule has 1 heterocycles. The van der Waals surface area contributed by atoms with Gasteiger partial charge >= 0.3 is 0 Å². The van der Waals surface area contributed by atoms with Gasteiger partial charge in [0.15, 0.2) is 0 Å². The lowest BCUT2D eigenvalue weighted by molar-refractivity contribution is -0.491. The van der Waals surface area contributed by atoms with Crippen molar-refractivity contribution in [1.82, 2.24) is 4.98 Å². The van der Waals surface area contributed by atoms with Crippen LogP contribution >= 0.6 is 0 Å². The molecular formula is C8H10N2O3. The fourth-order valence-corrected chi connectivity index (χ4v) is 1.06. The maximum Gasteiger partial charge on any atom is 0.233 e. The minimum absolute atomic E-state index is 0.480. The summed E-state index contributed by atoms with van der Waals surface area (Å²) in [6.07, 6.45) is 1.96. The molecule has 0 aliphatic rings. The third-order valence-corrected chi connectivity index (χ3v) is 1.76. The predicted molar refractivity (Wildman–Crippen MR) is 45.8 cm³/mol. The SMILES string of the molecule is Cc1ccncc1C(O)C[N+](=O)[O-]. The molecule has 0 bridgehead atoms. The molecule has 13 heavy (non-hydrogen) atoms. The van der Waals surface area contributed by atoms with Crippen LogP contribution in [0.4, 0.5) is 0 Å². The Balaban J connectivity index is 2.82. The third kappa shape index (κ3) is 2.48. The lowest BCUT2D eigenvalue weighted by Crippen LogP contribution is -2.13. The largest absolute Gasteiger partial charge is 0.381 e. The molecule has 0 aliphatic heterocycles. The van der Waals surface area contributed by atoms with Crippen LogP contribution in [-0.4, -0.2) is 21.6 Å². The van der Waals surface area contributed by atoms with Gasteiger partial charge in [0.2, 0.25) is 6.54 Å². The highest BCUT2D eigenvalue weighted by Crippen LogP contribution is 2.15. The molecule has 5 heteroatoms. The normalized spacial score (nSPS) is 12.5. The topological polar surface area (TPSA) is 76.3 Å². The van der Waals surface area contributed by atoms with Gasteiger partial charge < -0.3 is 5.11 Å². The molecule has 0 aliphatic carbocycles. The molecule has 1 N–H and O–H groups in total. The minimum atomic E-state index is -1.07. The van der Waals surface area contributed by atoms with E-state index in [2.05, 4.69) is 4.98 Å². The number of aliphatic hydroxyl groups excluding tert-OH is 1. The van der Waals surface area contributed by atoms with E-state index in [1.807, 2.05) is 0 Å². The zero-order chi connectivity index (χ0) is 9.84. The molecule has 0 aromatic carbocycles. The molecule has 1 aromatic heterocycles. The number of aromatic nitrogens is 1. The highest BCUT2D eigenvalue weighted by atomic mass is 16.6. The van der Waals surface area contributed by atoms with E-state index in [4.69, 9.17) is 0 Å². The maximum absolute atomic E-state index is 10.1. The molecule has 5 nitrogen and oxygen atoms in total. The smallest absolute Gasteiger partial charge is 0.233 e. The zero-order valence-electron chi connectivity index (χ0n) is 7.17. The summed E-state index contributed by atoms with van der Waals surface area (Å²) in [5.41, 5.74) is 1.32. The average Bonchev–Trinajstić information content (AvgIpc) is 2.03. The molecule has 0 spiro atoms. The number of pyridine rings is 1. The molecule has 0 amide bonds. The Morgan fingerprint density at radius 3 is 3.00 bits per heavy atom. The summed E-state index contributed by atoms with van der Waals surface area (Å²) >= 11 is 0. The van der Waals surface area contributed by atoms with Gasteiger partial charge in [-0.05, 0) is 18.6 Å². The Morgan fingerprint density at radius 2 is 2.46 bits per heavy atom. The van der Waals surface area contributed by atoms with Gasteiger partial charge in [-0.3, -0.25) is 15.1 Å². The maximum atomic E-state index is 10.1. The fraction of sp³-hybridized carbons (Fsp3) is 0.375. The highest BCUT2D eigenvalue weighted by molar-refractivity contribution is 5.23. The first kappa shape index (κ1) is 9.60. The average molecular weight is 182 g/mol. The summed E-state index contributed by atoms with van der Waals surface area (Å²) in [6.45, 7) is 1.30. The van der Waals surface area contributed by atoms with Crippen molar-refractivity contribution in [3.8, 4) is 0 Å². The zero-order valence-corrected chi connectivity index (χ0v) is 7.17. The van der Waals surface area contributed by atoms with Gasteiger partial charge in [0.25, 0.3) is 0 Å². The molecule has 0 radical (unpaired) electrons. The van der Waals surface area contributed by atoms with E-state index in [1.165, 1.54) is 6.20 Å². The van der Waals surface area contributed by atoms with Crippen LogP contribution in [0.1, 0.15) is 17.2 Å². The van der Waals surface area contributed by atoms with Gasteiger partial charge in [-0.15, -0.1) is 0 Å². The van der Waals surface area contributed by atoms with Crippen LogP contribution in [0.2, 0.25) is 0 Å². The number of nitro groups is 1. The van der Waals surface area contributed by atoms with Crippen LogP contribution in [-0.2, 0) is 0 Å². The summed E-state index contributed by atoms with van der Waals surface area (Å²) in [5.74, 6) is 0. The molecule has 0 saturated carbocycles.